The molecule has 16 heavy (non-hydrogen) atoms. The highest BCUT2D eigenvalue weighted by atomic mass is 35.5. The van der Waals surface area contributed by atoms with E-state index in [1.54, 1.807) is 0 Å². The predicted octanol–water partition coefficient (Wildman–Crippen LogP) is 2.24. The summed E-state index contributed by atoms with van der Waals surface area (Å²) in [4.78, 5) is 0. The van der Waals surface area contributed by atoms with Crippen molar-refractivity contribution in [2.45, 2.75) is 13.3 Å². The molecule has 0 radical (unpaired) electrons. The molecule has 1 unspecified atom stereocenters. The minimum absolute atomic E-state index is 0. The molecule has 1 atom stereocenters. The van der Waals surface area contributed by atoms with Gasteiger partial charge in [-0.05, 0) is 43.6 Å². The van der Waals surface area contributed by atoms with Crippen molar-refractivity contribution in [3.8, 4) is 11.5 Å². The summed E-state index contributed by atoms with van der Waals surface area (Å²) >= 11 is 0. The van der Waals surface area contributed by atoms with E-state index >= 15 is 0 Å². The molecular weight excluding hydrogens is 226 g/mol. The zero-order valence-electron chi connectivity index (χ0n) is 9.66. The van der Waals surface area contributed by atoms with Gasteiger partial charge in [0.1, 0.15) is 0 Å². The van der Waals surface area contributed by atoms with Crippen molar-refractivity contribution in [2.75, 3.05) is 20.4 Å². The first-order valence-corrected chi connectivity index (χ1v) is 5.32. The first kappa shape index (κ1) is 13.1. The quantitative estimate of drug-likeness (QED) is 0.880. The SMILES string of the molecule is CNCC(C)Cc1ccc2c(c1)OCO2.Cl. The molecule has 2 rings (SSSR count). The Hall–Kier alpha value is -0.930. The molecule has 0 bridgehead atoms. The number of ether oxygens (including phenoxy) is 2. The van der Waals surface area contributed by atoms with Gasteiger partial charge in [-0.25, -0.2) is 0 Å². The molecule has 1 aromatic carbocycles. The molecular formula is C12H18ClNO2. The van der Waals surface area contributed by atoms with Crippen LogP contribution in [-0.4, -0.2) is 20.4 Å². The first-order valence-electron chi connectivity index (χ1n) is 5.32. The molecule has 0 saturated heterocycles. The number of rotatable bonds is 4. The number of hydrogen-bond donors (Lipinski definition) is 1. The summed E-state index contributed by atoms with van der Waals surface area (Å²) in [5.74, 6) is 2.37. The molecule has 4 heteroatoms. The smallest absolute Gasteiger partial charge is 0.231 e. The van der Waals surface area contributed by atoms with Gasteiger partial charge in [-0.1, -0.05) is 13.0 Å². The Labute approximate surface area is 103 Å². The highest BCUT2D eigenvalue weighted by Crippen LogP contribution is 2.32. The molecule has 3 nitrogen and oxygen atoms in total. The number of benzene rings is 1. The van der Waals surface area contributed by atoms with Crippen LogP contribution in [0.25, 0.3) is 0 Å². The third kappa shape index (κ3) is 3.03. The average molecular weight is 244 g/mol. The Morgan fingerprint density at radius 2 is 2.06 bits per heavy atom. The van der Waals surface area contributed by atoms with Crippen LogP contribution in [0.3, 0.4) is 0 Å². The maximum Gasteiger partial charge on any atom is 0.231 e. The van der Waals surface area contributed by atoms with Crippen molar-refractivity contribution in [1.82, 2.24) is 5.32 Å². The average Bonchev–Trinajstić information content (AvgIpc) is 2.65. The van der Waals surface area contributed by atoms with Gasteiger partial charge in [0.25, 0.3) is 0 Å². The van der Waals surface area contributed by atoms with E-state index in [0.29, 0.717) is 12.7 Å². The lowest BCUT2D eigenvalue weighted by atomic mass is 10.0. The fourth-order valence-corrected chi connectivity index (χ4v) is 1.89. The fraction of sp³-hybridized carbons (Fsp3) is 0.500. The first-order chi connectivity index (χ1) is 7.29. The van der Waals surface area contributed by atoms with Crippen LogP contribution >= 0.6 is 12.4 Å². The third-order valence-electron chi connectivity index (χ3n) is 2.57. The fourth-order valence-electron chi connectivity index (χ4n) is 1.89. The van der Waals surface area contributed by atoms with Crippen LogP contribution in [0.1, 0.15) is 12.5 Å². The van der Waals surface area contributed by atoms with E-state index in [4.69, 9.17) is 9.47 Å². The lowest BCUT2D eigenvalue weighted by molar-refractivity contribution is 0.174. The standard InChI is InChI=1S/C12H17NO2.ClH/c1-9(7-13-2)5-10-3-4-11-12(6-10)15-8-14-11;/h3-4,6,9,13H,5,7-8H2,1-2H3;1H. The van der Waals surface area contributed by atoms with E-state index in [-0.39, 0.29) is 12.4 Å². The third-order valence-corrected chi connectivity index (χ3v) is 2.57. The van der Waals surface area contributed by atoms with E-state index in [0.717, 1.165) is 24.5 Å². The summed E-state index contributed by atoms with van der Waals surface area (Å²) in [6.45, 7) is 3.63. The monoisotopic (exact) mass is 243 g/mol. The maximum absolute atomic E-state index is 5.34. The van der Waals surface area contributed by atoms with E-state index < -0.39 is 0 Å². The van der Waals surface area contributed by atoms with Crippen molar-refractivity contribution in [2.24, 2.45) is 5.92 Å². The van der Waals surface area contributed by atoms with Crippen LogP contribution in [0.2, 0.25) is 0 Å². The highest BCUT2D eigenvalue weighted by Gasteiger charge is 2.13. The summed E-state index contributed by atoms with van der Waals surface area (Å²) in [5.41, 5.74) is 1.31. The molecule has 1 aliphatic rings. The molecule has 1 aliphatic heterocycles. The van der Waals surface area contributed by atoms with Gasteiger partial charge >= 0.3 is 0 Å². The minimum Gasteiger partial charge on any atom is -0.454 e. The second kappa shape index (κ2) is 5.97. The van der Waals surface area contributed by atoms with Gasteiger partial charge in [0.2, 0.25) is 6.79 Å². The van der Waals surface area contributed by atoms with Crippen LogP contribution in [0.4, 0.5) is 0 Å². The van der Waals surface area contributed by atoms with E-state index in [1.807, 2.05) is 13.1 Å². The lowest BCUT2D eigenvalue weighted by Crippen LogP contribution is -2.17. The molecule has 0 aromatic heterocycles. The largest absolute Gasteiger partial charge is 0.454 e. The predicted molar refractivity (Wildman–Crippen MR) is 66.6 cm³/mol. The van der Waals surface area contributed by atoms with E-state index in [2.05, 4.69) is 24.4 Å². The van der Waals surface area contributed by atoms with Gasteiger partial charge in [0.05, 0.1) is 0 Å². The summed E-state index contributed by atoms with van der Waals surface area (Å²) in [5, 5.41) is 3.18. The van der Waals surface area contributed by atoms with Crippen LogP contribution in [0.15, 0.2) is 18.2 Å². The molecule has 1 heterocycles. The minimum atomic E-state index is 0. The van der Waals surface area contributed by atoms with Gasteiger partial charge < -0.3 is 14.8 Å². The molecule has 0 aliphatic carbocycles. The van der Waals surface area contributed by atoms with Crippen LogP contribution < -0.4 is 14.8 Å². The topological polar surface area (TPSA) is 30.5 Å². The summed E-state index contributed by atoms with van der Waals surface area (Å²) in [6, 6.07) is 6.18. The second-order valence-corrected chi connectivity index (χ2v) is 4.05. The highest BCUT2D eigenvalue weighted by molar-refractivity contribution is 5.85. The summed E-state index contributed by atoms with van der Waals surface area (Å²) in [6.07, 6.45) is 1.07. The van der Waals surface area contributed by atoms with Gasteiger partial charge in [-0.2, -0.15) is 0 Å². The number of halogens is 1. The number of nitrogens with one attached hydrogen (secondary N) is 1. The summed E-state index contributed by atoms with van der Waals surface area (Å²) in [7, 11) is 1.98. The molecule has 0 saturated carbocycles. The Bertz CT molecular complexity index is 344. The zero-order chi connectivity index (χ0) is 10.7. The molecule has 0 spiro atoms. The molecule has 0 fully saturated rings. The van der Waals surface area contributed by atoms with Crippen molar-refractivity contribution in [3.05, 3.63) is 23.8 Å². The van der Waals surface area contributed by atoms with Gasteiger partial charge in [0, 0.05) is 0 Å². The van der Waals surface area contributed by atoms with Crippen LogP contribution in [0, 0.1) is 5.92 Å². The van der Waals surface area contributed by atoms with Crippen LogP contribution in [0.5, 0.6) is 11.5 Å². The molecule has 1 aromatic rings. The Morgan fingerprint density at radius 3 is 2.81 bits per heavy atom. The van der Waals surface area contributed by atoms with Gasteiger partial charge in [-0.15, -0.1) is 12.4 Å². The molecule has 1 N–H and O–H groups in total. The van der Waals surface area contributed by atoms with Crippen molar-refractivity contribution < 1.29 is 9.47 Å². The van der Waals surface area contributed by atoms with Crippen LogP contribution in [-0.2, 0) is 6.42 Å². The molecule has 0 amide bonds. The van der Waals surface area contributed by atoms with E-state index in [1.165, 1.54) is 5.56 Å². The Morgan fingerprint density at radius 1 is 1.31 bits per heavy atom. The van der Waals surface area contributed by atoms with Crippen molar-refractivity contribution in [1.29, 1.82) is 0 Å². The summed E-state index contributed by atoms with van der Waals surface area (Å²) < 4.78 is 10.6. The number of fused-ring (bicyclic) bond motifs is 1. The second-order valence-electron chi connectivity index (χ2n) is 4.05. The Kier molecular flexibility index (Phi) is 4.90. The Balaban J connectivity index is 0.00000128. The molecule has 90 valence electrons. The maximum atomic E-state index is 5.34. The normalized spacial score (nSPS) is 14.4. The number of hydrogen-bond acceptors (Lipinski definition) is 3. The lowest BCUT2D eigenvalue weighted by Gasteiger charge is -2.10. The van der Waals surface area contributed by atoms with Gasteiger partial charge in [0.15, 0.2) is 11.5 Å². The zero-order valence-corrected chi connectivity index (χ0v) is 10.5. The van der Waals surface area contributed by atoms with Crippen molar-refractivity contribution >= 4 is 12.4 Å². The van der Waals surface area contributed by atoms with Crippen molar-refractivity contribution in [3.63, 3.8) is 0 Å². The van der Waals surface area contributed by atoms with E-state index in [9.17, 15) is 0 Å². The van der Waals surface area contributed by atoms with Gasteiger partial charge in [-0.3, -0.25) is 0 Å².